The van der Waals surface area contributed by atoms with Crippen molar-refractivity contribution < 1.29 is 9.53 Å². The van der Waals surface area contributed by atoms with Crippen LogP contribution in [0.4, 0.5) is 0 Å². The standard InChI is InChI=1S/C7H10N2O2/c1-3-9-5-8-4-6(9)7(10)11-2/h4-5H,3H2,1-2H3. The molecule has 4 nitrogen and oxygen atoms in total. The Labute approximate surface area is 64.8 Å². The van der Waals surface area contributed by atoms with Crippen molar-refractivity contribution in [3.05, 3.63) is 18.2 Å². The van der Waals surface area contributed by atoms with Gasteiger partial charge >= 0.3 is 5.97 Å². The van der Waals surface area contributed by atoms with E-state index in [0.717, 1.165) is 6.54 Å². The zero-order valence-electron chi connectivity index (χ0n) is 6.57. The number of carbonyl (C=O) groups is 1. The lowest BCUT2D eigenvalue weighted by molar-refractivity contribution is 0.0588. The van der Waals surface area contributed by atoms with Gasteiger partial charge in [0.15, 0.2) is 0 Å². The number of rotatable bonds is 2. The van der Waals surface area contributed by atoms with Crippen LogP contribution in [0.1, 0.15) is 17.4 Å². The van der Waals surface area contributed by atoms with Gasteiger partial charge in [0.25, 0.3) is 0 Å². The van der Waals surface area contributed by atoms with E-state index >= 15 is 0 Å². The molecule has 0 spiro atoms. The van der Waals surface area contributed by atoms with Crippen LogP contribution >= 0.6 is 0 Å². The highest BCUT2D eigenvalue weighted by molar-refractivity contribution is 5.87. The Morgan fingerprint density at radius 1 is 1.82 bits per heavy atom. The fourth-order valence-electron chi connectivity index (χ4n) is 0.847. The summed E-state index contributed by atoms with van der Waals surface area (Å²) < 4.78 is 6.27. The summed E-state index contributed by atoms with van der Waals surface area (Å²) in [5, 5.41) is 0. The molecule has 0 atom stereocenters. The Kier molecular flexibility index (Phi) is 2.25. The molecule has 0 aliphatic rings. The molecule has 0 aromatic carbocycles. The van der Waals surface area contributed by atoms with Crippen LogP contribution < -0.4 is 0 Å². The van der Waals surface area contributed by atoms with Gasteiger partial charge in [-0.2, -0.15) is 0 Å². The molecular formula is C7H10N2O2. The van der Waals surface area contributed by atoms with Crippen molar-refractivity contribution in [2.24, 2.45) is 0 Å². The van der Waals surface area contributed by atoms with E-state index in [9.17, 15) is 4.79 Å². The largest absolute Gasteiger partial charge is 0.464 e. The lowest BCUT2D eigenvalue weighted by Gasteiger charge is -2.00. The average Bonchev–Trinajstić information content (AvgIpc) is 2.50. The van der Waals surface area contributed by atoms with E-state index < -0.39 is 0 Å². The summed E-state index contributed by atoms with van der Waals surface area (Å²) in [5.74, 6) is -0.343. The minimum Gasteiger partial charge on any atom is -0.464 e. The van der Waals surface area contributed by atoms with Gasteiger partial charge in [-0.25, -0.2) is 9.78 Å². The van der Waals surface area contributed by atoms with Crippen LogP contribution in [0.5, 0.6) is 0 Å². The van der Waals surface area contributed by atoms with Gasteiger partial charge in [0.05, 0.1) is 19.6 Å². The Hall–Kier alpha value is -1.32. The Morgan fingerprint density at radius 3 is 3.09 bits per heavy atom. The molecule has 1 heterocycles. The molecule has 0 aliphatic heterocycles. The first kappa shape index (κ1) is 7.78. The van der Waals surface area contributed by atoms with Gasteiger partial charge < -0.3 is 9.30 Å². The third kappa shape index (κ3) is 1.39. The number of nitrogens with zero attached hydrogens (tertiary/aromatic N) is 2. The van der Waals surface area contributed by atoms with Gasteiger partial charge in [-0.3, -0.25) is 0 Å². The van der Waals surface area contributed by atoms with Gasteiger partial charge in [0.2, 0.25) is 0 Å². The van der Waals surface area contributed by atoms with Crippen LogP contribution in [0.3, 0.4) is 0 Å². The van der Waals surface area contributed by atoms with E-state index in [1.165, 1.54) is 13.3 Å². The molecule has 1 rings (SSSR count). The summed E-state index contributed by atoms with van der Waals surface area (Å²) in [7, 11) is 1.36. The number of ether oxygens (including phenoxy) is 1. The van der Waals surface area contributed by atoms with Crippen LogP contribution in [0.2, 0.25) is 0 Å². The number of methoxy groups -OCH3 is 1. The van der Waals surface area contributed by atoms with E-state index in [0.29, 0.717) is 5.69 Å². The highest BCUT2D eigenvalue weighted by atomic mass is 16.5. The molecule has 0 radical (unpaired) electrons. The monoisotopic (exact) mass is 154 g/mol. The number of carbonyl (C=O) groups excluding carboxylic acids is 1. The number of hydrogen-bond acceptors (Lipinski definition) is 3. The topological polar surface area (TPSA) is 44.1 Å². The maximum atomic E-state index is 11.0. The number of imidazole rings is 1. The molecule has 0 unspecified atom stereocenters. The summed E-state index contributed by atoms with van der Waals surface area (Å²) in [6, 6.07) is 0. The molecule has 60 valence electrons. The zero-order chi connectivity index (χ0) is 8.27. The highest BCUT2D eigenvalue weighted by Gasteiger charge is 2.09. The fourth-order valence-corrected chi connectivity index (χ4v) is 0.847. The van der Waals surface area contributed by atoms with Crippen LogP contribution in [0.25, 0.3) is 0 Å². The highest BCUT2D eigenvalue weighted by Crippen LogP contribution is 1.99. The van der Waals surface area contributed by atoms with E-state index in [1.807, 2.05) is 6.92 Å². The van der Waals surface area contributed by atoms with E-state index in [1.54, 1.807) is 10.9 Å². The third-order valence-corrected chi connectivity index (χ3v) is 1.45. The maximum Gasteiger partial charge on any atom is 0.356 e. The second kappa shape index (κ2) is 3.18. The van der Waals surface area contributed by atoms with Crippen molar-refractivity contribution in [3.63, 3.8) is 0 Å². The third-order valence-electron chi connectivity index (χ3n) is 1.45. The second-order valence-electron chi connectivity index (χ2n) is 2.06. The number of esters is 1. The van der Waals surface area contributed by atoms with Crippen molar-refractivity contribution in [2.45, 2.75) is 13.5 Å². The molecule has 0 amide bonds. The molecule has 0 bridgehead atoms. The van der Waals surface area contributed by atoms with Crippen molar-refractivity contribution in [3.8, 4) is 0 Å². The zero-order valence-corrected chi connectivity index (χ0v) is 6.57. The number of hydrogen-bond donors (Lipinski definition) is 0. The SMILES string of the molecule is CCn1cncc1C(=O)OC. The van der Waals surface area contributed by atoms with E-state index in [4.69, 9.17) is 0 Å². The van der Waals surface area contributed by atoms with Gasteiger partial charge in [0, 0.05) is 6.54 Å². The average molecular weight is 154 g/mol. The first-order valence-electron chi connectivity index (χ1n) is 3.38. The molecule has 0 saturated heterocycles. The van der Waals surface area contributed by atoms with Crippen molar-refractivity contribution in [1.82, 2.24) is 9.55 Å². The second-order valence-corrected chi connectivity index (χ2v) is 2.06. The smallest absolute Gasteiger partial charge is 0.356 e. The van der Waals surface area contributed by atoms with Crippen molar-refractivity contribution in [2.75, 3.05) is 7.11 Å². The van der Waals surface area contributed by atoms with Gasteiger partial charge in [-0.1, -0.05) is 0 Å². The number of aryl methyl sites for hydroxylation is 1. The molecular weight excluding hydrogens is 144 g/mol. The molecule has 0 fully saturated rings. The molecule has 11 heavy (non-hydrogen) atoms. The van der Waals surface area contributed by atoms with Crippen molar-refractivity contribution >= 4 is 5.97 Å². The Morgan fingerprint density at radius 2 is 2.55 bits per heavy atom. The van der Waals surface area contributed by atoms with Gasteiger partial charge in [-0.15, -0.1) is 0 Å². The Bertz CT molecular complexity index is 255. The normalized spacial score (nSPS) is 9.64. The molecule has 1 aromatic heterocycles. The van der Waals surface area contributed by atoms with Crippen LogP contribution in [0, 0.1) is 0 Å². The molecule has 0 N–H and O–H groups in total. The maximum absolute atomic E-state index is 11.0. The summed E-state index contributed by atoms with van der Waals surface area (Å²) in [6.07, 6.45) is 3.10. The summed E-state index contributed by atoms with van der Waals surface area (Å²) in [5.41, 5.74) is 0.495. The minimum atomic E-state index is -0.343. The predicted octanol–water partition coefficient (Wildman–Crippen LogP) is 0.690. The van der Waals surface area contributed by atoms with Gasteiger partial charge in [-0.05, 0) is 6.92 Å². The summed E-state index contributed by atoms with van der Waals surface area (Å²) in [4.78, 5) is 14.8. The van der Waals surface area contributed by atoms with Crippen molar-refractivity contribution in [1.29, 1.82) is 0 Å². The van der Waals surface area contributed by atoms with E-state index in [2.05, 4.69) is 9.72 Å². The molecule has 0 aliphatic carbocycles. The Balaban J connectivity index is 2.92. The quantitative estimate of drug-likeness (QED) is 0.588. The molecule has 1 aromatic rings. The first-order valence-corrected chi connectivity index (χ1v) is 3.38. The first-order chi connectivity index (χ1) is 5.29. The number of aromatic nitrogens is 2. The van der Waals surface area contributed by atoms with Gasteiger partial charge in [0.1, 0.15) is 5.69 Å². The van der Waals surface area contributed by atoms with Crippen LogP contribution in [0.15, 0.2) is 12.5 Å². The molecule has 0 saturated carbocycles. The summed E-state index contributed by atoms with van der Waals surface area (Å²) in [6.45, 7) is 2.67. The predicted molar refractivity (Wildman–Crippen MR) is 39.2 cm³/mol. The van der Waals surface area contributed by atoms with Crippen LogP contribution in [-0.2, 0) is 11.3 Å². The van der Waals surface area contributed by atoms with E-state index in [-0.39, 0.29) is 5.97 Å². The fraction of sp³-hybridized carbons (Fsp3) is 0.429. The lowest BCUT2D eigenvalue weighted by atomic mass is 10.4. The molecule has 4 heteroatoms. The van der Waals surface area contributed by atoms with Crippen LogP contribution in [-0.4, -0.2) is 22.6 Å². The lowest BCUT2D eigenvalue weighted by Crippen LogP contribution is -2.08. The summed E-state index contributed by atoms with van der Waals surface area (Å²) >= 11 is 0. The minimum absolute atomic E-state index is 0.343.